The molecule has 9 heteroatoms. The lowest BCUT2D eigenvalue weighted by atomic mass is 9.88. The van der Waals surface area contributed by atoms with Gasteiger partial charge in [-0.25, -0.2) is 17.5 Å². The Morgan fingerprint density at radius 2 is 1.89 bits per heavy atom. The Labute approximate surface area is 214 Å². The van der Waals surface area contributed by atoms with Gasteiger partial charge in [-0.05, 0) is 69.2 Å². The smallest absolute Gasteiger partial charge is 0.264 e. The van der Waals surface area contributed by atoms with E-state index in [1.165, 1.54) is 25.4 Å². The average Bonchev–Trinajstić information content (AvgIpc) is 3.62. The molecule has 7 nitrogen and oxygen atoms in total. The zero-order valence-corrected chi connectivity index (χ0v) is 21.7. The zero-order valence-electron chi connectivity index (χ0n) is 20.9. The van der Waals surface area contributed by atoms with Gasteiger partial charge in [-0.2, -0.15) is 0 Å². The van der Waals surface area contributed by atoms with E-state index in [4.69, 9.17) is 4.74 Å². The Balaban J connectivity index is 1.60. The standard InChI is InChI=1S/C28H26FN3O4S/c1-16-8-11-25(36-4)21(12-16)28(14-22(28)19-13-23(29)18(3)30-15-19)27(33)32-37(34,35)26-7-5-6-24-20(26)10-9-17(2)31-24/h5-13,15,22H,14H2,1-4H3,(H,32,33). The van der Waals surface area contributed by atoms with Crippen molar-refractivity contribution in [1.82, 2.24) is 14.7 Å². The summed E-state index contributed by atoms with van der Waals surface area (Å²) in [6.45, 7) is 5.25. The van der Waals surface area contributed by atoms with Crippen molar-refractivity contribution < 1.29 is 22.3 Å². The van der Waals surface area contributed by atoms with E-state index in [2.05, 4.69) is 14.7 Å². The van der Waals surface area contributed by atoms with Crippen LogP contribution in [0.5, 0.6) is 5.75 Å². The summed E-state index contributed by atoms with van der Waals surface area (Å²) < 4.78 is 49.4. The molecule has 2 unspecified atom stereocenters. The number of rotatable bonds is 6. The van der Waals surface area contributed by atoms with Crippen molar-refractivity contribution in [3.63, 3.8) is 0 Å². The largest absolute Gasteiger partial charge is 0.496 e. The number of nitrogens with zero attached hydrogens (tertiary/aromatic N) is 2. The van der Waals surface area contributed by atoms with Crippen LogP contribution in [-0.2, 0) is 20.2 Å². The molecular weight excluding hydrogens is 493 g/mol. The number of ether oxygens (including phenoxy) is 1. The molecule has 0 saturated heterocycles. The summed E-state index contributed by atoms with van der Waals surface area (Å²) in [5, 5.41) is 0.410. The number of benzene rings is 2. The molecule has 1 aliphatic carbocycles. The summed E-state index contributed by atoms with van der Waals surface area (Å²) in [6, 6.07) is 14.9. The molecule has 1 fully saturated rings. The highest BCUT2D eigenvalue weighted by Crippen LogP contribution is 2.62. The number of carbonyl (C=O) groups excluding carboxylic acids is 1. The fraction of sp³-hybridized carbons (Fsp3) is 0.250. The Morgan fingerprint density at radius 1 is 1.11 bits per heavy atom. The number of pyridine rings is 2. The molecule has 2 atom stereocenters. The number of fused-ring (bicyclic) bond motifs is 1. The number of halogens is 1. The highest BCUT2D eigenvalue weighted by molar-refractivity contribution is 7.90. The monoisotopic (exact) mass is 519 g/mol. The van der Waals surface area contributed by atoms with E-state index in [1.54, 1.807) is 37.3 Å². The van der Waals surface area contributed by atoms with Crippen molar-refractivity contribution in [2.45, 2.75) is 43.4 Å². The van der Waals surface area contributed by atoms with Gasteiger partial charge >= 0.3 is 0 Å². The van der Waals surface area contributed by atoms with Crippen molar-refractivity contribution in [2.75, 3.05) is 7.11 Å². The minimum atomic E-state index is -4.27. The van der Waals surface area contributed by atoms with Gasteiger partial charge in [0.15, 0.2) is 0 Å². The van der Waals surface area contributed by atoms with E-state index in [0.717, 1.165) is 11.3 Å². The fourth-order valence-corrected chi connectivity index (χ4v) is 6.21. The first kappa shape index (κ1) is 24.8. The second-order valence-electron chi connectivity index (χ2n) is 9.48. The third-order valence-electron chi connectivity index (χ3n) is 7.00. The fourth-order valence-electron chi connectivity index (χ4n) is 4.95. The van der Waals surface area contributed by atoms with Crippen molar-refractivity contribution >= 4 is 26.8 Å². The van der Waals surface area contributed by atoms with Crippen LogP contribution in [0.4, 0.5) is 4.39 Å². The van der Waals surface area contributed by atoms with Crippen LogP contribution in [0, 0.1) is 26.6 Å². The lowest BCUT2D eigenvalue weighted by Gasteiger charge is -2.21. The molecule has 190 valence electrons. The molecule has 2 heterocycles. The molecule has 0 radical (unpaired) electrons. The molecule has 1 N–H and O–H groups in total. The first-order valence-electron chi connectivity index (χ1n) is 11.8. The van der Waals surface area contributed by atoms with Crippen LogP contribution in [0.2, 0.25) is 0 Å². The van der Waals surface area contributed by atoms with Crippen LogP contribution >= 0.6 is 0 Å². The predicted molar refractivity (Wildman–Crippen MR) is 138 cm³/mol. The first-order chi connectivity index (χ1) is 17.6. The highest BCUT2D eigenvalue weighted by Gasteiger charge is 2.63. The second-order valence-corrected chi connectivity index (χ2v) is 11.1. The first-order valence-corrected chi connectivity index (χ1v) is 13.3. The van der Waals surface area contributed by atoms with E-state index in [1.807, 2.05) is 26.0 Å². The number of carbonyl (C=O) groups is 1. The molecule has 0 bridgehead atoms. The van der Waals surface area contributed by atoms with Gasteiger partial charge in [-0.1, -0.05) is 23.8 Å². The minimum Gasteiger partial charge on any atom is -0.496 e. The maximum absolute atomic E-state index is 14.4. The lowest BCUT2D eigenvalue weighted by molar-refractivity contribution is -0.122. The Bertz CT molecular complexity index is 1670. The summed E-state index contributed by atoms with van der Waals surface area (Å²) >= 11 is 0. The number of aryl methyl sites for hydroxylation is 3. The van der Waals surface area contributed by atoms with Crippen molar-refractivity contribution in [2.24, 2.45) is 0 Å². The number of aromatic nitrogens is 2. The number of amides is 1. The van der Waals surface area contributed by atoms with Gasteiger partial charge in [0.25, 0.3) is 10.0 Å². The van der Waals surface area contributed by atoms with Crippen LogP contribution in [0.1, 0.15) is 40.4 Å². The molecule has 1 saturated carbocycles. The molecule has 2 aromatic heterocycles. The Kier molecular flexibility index (Phi) is 5.98. The predicted octanol–water partition coefficient (Wildman–Crippen LogP) is 4.63. The highest BCUT2D eigenvalue weighted by atomic mass is 32.2. The van der Waals surface area contributed by atoms with Gasteiger partial charge in [0.2, 0.25) is 5.91 Å². The minimum absolute atomic E-state index is 0.0440. The topological polar surface area (TPSA) is 98.2 Å². The molecular formula is C28H26FN3O4S. The van der Waals surface area contributed by atoms with E-state index in [9.17, 15) is 17.6 Å². The summed E-state index contributed by atoms with van der Waals surface area (Å²) in [5.41, 5.74) is 2.16. The zero-order chi connectivity index (χ0) is 26.5. The maximum Gasteiger partial charge on any atom is 0.264 e. The van der Waals surface area contributed by atoms with Crippen LogP contribution in [0.25, 0.3) is 10.9 Å². The van der Waals surface area contributed by atoms with Crippen LogP contribution in [0.15, 0.2) is 65.7 Å². The van der Waals surface area contributed by atoms with E-state index in [0.29, 0.717) is 27.8 Å². The molecule has 1 amide bonds. The Morgan fingerprint density at radius 3 is 2.62 bits per heavy atom. The van der Waals surface area contributed by atoms with Gasteiger partial charge in [0.05, 0.1) is 28.6 Å². The molecule has 37 heavy (non-hydrogen) atoms. The lowest BCUT2D eigenvalue weighted by Crippen LogP contribution is -2.40. The number of hydrogen-bond donors (Lipinski definition) is 1. The molecule has 5 rings (SSSR count). The van der Waals surface area contributed by atoms with Crippen LogP contribution in [0.3, 0.4) is 0 Å². The average molecular weight is 520 g/mol. The van der Waals surface area contributed by atoms with Crippen LogP contribution in [-0.4, -0.2) is 31.4 Å². The summed E-state index contributed by atoms with van der Waals surface area (Å²) in [5.74, 6) is -1.23. The number of hydrogen-bond acceptors (Lipinski definition) is 6. The number of methoxy groups -OCH3 is 1. The van der Waals surface area contributed by atoms with E-state index >= 15 is 0 Å². The summed E-state index contributed by atoms with van der Waals surface area (Å²) in [7, 11) is -2.78. The third-order valence-corrected chi connectivity index (χ3v) is 8.39. The molecule has 0 aliphatic heterocycles. The van der Waals surface area contributed by atoms with E-state index < -0.39 is 33.1 Å². The van der Waals surface area contributed by atoms with Crippen molar-refractivity contribution in [3.05, 3.63) is 94.7 Å². The quantitative estimate of drug-likeness (QED) is 0.399. The van der Waals surface area contributed by atoms with Gasteiger partial charge in [0, 0.05) is 28.8 Å². The molecule has 0 spiro atoms. The van der Waals surface area contributed by atoms with Gasteiger partial charge < -0.3 is 4.74 Å². The molecule has 4 aromatic rings. The van der Waals surface area contributed by atoms with Crippen molar-refractivity contribution in [1.29, 1.82) is 0 Å². The number of nitrogens with one attached hydrogen (secondary N) is 1. The summed E-state index contributed by atoms with van der Waals surface area (Å²) in [4.78, 5) is 22.4. The third kappa shape index (κ3) is 4.23. The van der Waals surface area contributed by atoms with Gasteiger partial charge in [0.1, 0.15) is 11.6 Å². The number of sulfonamides is 1. The van der Waals surface area contributed by atoms with E-state index in [-0.39, 0.29) is 17.0 Å². The van der Waals surface area contributed by atoms with Gasteiger partial charge in [-0.15, -0.1) is 0 Å². The Hall–Kier alpha value is -3.85. The SMILES string of the molecule is COc1ccc(C)cc1C1(C(=O)NS(=O)(=O)c2cccc3nc(C)ccc23)CC1c1cnc(C)c(F)c1. The normalized spacial score (nSPS) is 19.0. The van der Waals surface area contributed by atoms with Gasteiger partial charge in [-0.3, -0.25) is 14.8 Å². The second kappa shape index (κ2) is 8.92. The molecule has 1 aliphatic rings. The maximum atomic E-state index is 14.4. The summed E-state index contributed by atoms with van der Waals surface area (Å²) in [6.07, 6.45) is 1.81. The van der Waals surface area contributed by atoms with Crippen LogP contribution < -0.4 is 9.46 Å². The van der Waals surface area contributed by atoms with Crippen molar-refractivity contribution in [3.8, 4) is 5.75 Å². The molecule has 2 aromatic carbocycles.